The summed E-state index contributed by atoms with van der Waals surface area (Å²) in [5.74, 6) is 2.75. The molecule has 0 atom stereocenters. The molecule has 1 N–H and O–H groups in total. The molecule has 0 aromatic heterocycles. The summed E-state index contributed by atoms with van der Waals surface area (Å²) in [5, 5.41) is 3.66. The first-order valence-electron chi connectivity index (χ1n) is 8.06. The molecule has 2 saturated carbocycles. The van der Waals surface area contributed by atoms with Crippen LogP contribution in [0.25, 0.3) is 0 Å². The molecule has 0 spiro atoms. The highest BCUT2D eigenvalue weighted by atomic mass is 79.9. The van der Waals surface area contributed by atoms with E-state index in [1.165, 1.54) is 37.8 Å². The predicted octanol–water partition coefficient (Wildman–Crippen LogP) is 3.89. The van der Waals surface area contributed by atoms with E-state index in [0.717, 1.165) is 48.1 Å². The lowest BCUT2D eigenvalue weighted by Gasteiger charge is -2.16. The van der Waals surface area contributed by atoms with Crippen LogP contribution in [-0.4, -0.2) is 19.8 Å². The van der Waals surface area contributed by atoms with E-state index in [4.69, 9.17) is 9.47 Å². The number of fused-ring (bicyclic) bond motifs is 1. The van der Waals surface area contributed by atoms with Crippen molar-refractivity contribution in [3.63, 3.8) is 0 Å². The topological polar surface area (TPSA) is 30.5 Å². The fourth-order valence-corrected chi connectivity index (χ4v) is 4.03. The molecule has 114 valence electrons. The van der Waals surface area contributed by atoms with Crippen LogP contribution >= 0.6 is 15.9 Å². The SMILES string of the molecule is Brc1cc(CNCC2(C3CC3)CC2)cc2c1OCCCO2. The van der Waals surface area contributed by atoms with Gasteiger partial charge in [0.15, 0.2) is 11.5 Å². The molecule has 0 radical (unpaired) electrons. The first-order valence-corrected chi connectivity index (χ1v) is 8.85. The van der Waals surface area contributed by atoms with E-state index in [0.29, 0.717) is 5.41 Å². The quantitative estimate of drug-likeness (QED) is 0.872. The van der Waals surface area contributed by atoms with E-state index in [-0.39, 0.29) is 0 Å². The lowest BCUT2D eigenvalue weighted by atomic mass is 10.0. The zero-order valence-corrected chi connectivity index (χ0v) is 13.9. The summed E-state index contributed by atoms with van der Waals surface area (Å²) in [5.41, 5.74) is 1.92. The summed E-state index contributed by atoms with van der Waals surface area (Å²) < 4.78 is 12.5. The van der Waals surface area contributed by atoms with Crippen LogP contribution in [0.3, 0.4) is 0 Å². The maximum Gasteiger partial charge on any atom is 0.175 e. The van der Waals surface area contributed by atoms with Crippen LogP contribution in [0.1, 0.15) is 37.7 Å². The number of ether oxygens (including phenoxy) is 2. The zero-order valence-electron chi connectivity index (χ0n) is 12.3. The Kier molecular flexibility index (Phi) is 3.62. The van der Waals surface area contributed by atoms with Crippen molar-refractivity contribution in [3.05, 3.63) is 22.2 Å². The van der Waals surface area contributed by atoms with Gasteiger partial charge in [-0.1, -0.05) is 0 Å². The summed E-state index contributed by atoms with van der Waals surface area (Å²) in [7, 11) is 0. The third-order valence-electron chi connectivity index (χ3n) is 5.00. The second kappa shape index (κ2) is 5.47. The Morgan fingerprint density at radius 3 is 2.76 bits per heavy atom. The molecular formula is C17H22BrNO2. The van der Waals surface area contributed by atoms with Crippen molar-refractivity contribution in [2.75, 3.05) is 19.8 Å². The summed E-state index contributed by atoms with van der Waals surface area (Å²) in [6.07, 6.45) is 6.71. The van der Waals surface area contributed by atoms with Crippen LogP contribution in [0.5, 0.6) is 11.5 Å². The zero-order chi connectivity index (χ0) is 14.3. The normalized spacial score (nSPS) is 22.7. The van der Waals surface area contributed by atoms with Gasteiger partial charge < -0.3 is 14.8 Å². The average Bonchev–Trinajstić information content (AvgIpc) is 3.32. The minimum atomic E-state index is 0.655. The van der Waals surface area contributed by atoms with Gasteiger partial charge in [-0.3, -0.25) is 0 Å². The third kappa shape index (κ3) is 2.93. The summed E-state index contributed by atoms with van der Waals surface area (Å²) in [4.78, 5) is 0. The van der Waals surface area contributed by atoms with Crippen molar-refractivity contribution >= 4 is 15.9 Å². The van der Waals surface area contributed by atoms with Gasteiger partial charge in [0.1, 0.15) is 0 Å². The minimum absolute atomic E-state index is 0.655. The van der Waals surface area contributed by atoms with Crippen molar-refractivity contribution in [1.82, 2.24) is 5.32 Å². The lowest BCUT2D eigenvalue weighted by Crippen LogP contribution is -2.25. The monoisotopic (exact) mass is 351 g/mol. The number of hydrogen-bond acceptors (Lipinski definition) is 3. The van der Waals surface area contributed by atoms with Gasteiger partial charge in [0.05, 0.1) is 17.7 Å². The average molecular weight is 352 g/mol. The Labute approximate surface area is 134 Å². The molecule has 4 rings (SSSR count). The smallest absolute Gasteiger partial charge is 0.175 e. The second-order valence-corrected chi connectivity index (χ2v) is 7.55. The van der Waals surface area contributed by atoms with Gasteiger partial charge in [0, 0.05) is 19.5 Å². The van der Waals surface area contributed by atoms with E-state index in [2.05, 4.69) is 33.4 Å². The van der Waals surface area contributed by atoms with Crippen LogP contribution in [0.15, 0.2) is 16.6 Å². The third-order valence-corrected chi connectivity index (χ3v) is 5.59. The fraction of sp³-hybridized carbons (Fsp3) is 0.647. The molecule has 0 unspecified atom stereocenters. The second-order valence-electron chi connectivity index (χ2n) is 6.70. The molecule has 3 aliphatic rings. The summed E-state index contributed by atoms with van der Waals surface area (Å²) >= 11 is 3.61. The van der Waals surface area contributed by atoms with Crippen molar-refractivity contribution < 1.29 is 9.47 Å². The van der Waals surface area contributed by atoms with Crippen molar-refractivity contribution in [2.45, 2.75) is 38.6 Å². The van der Waals surface area contributed by atoms with Crippen LogP contribution in [0.4, 0.5) is 0 Å². The van der Waals surface area contributed by atoms with Gasteiger partial charge in [0.25, 0.3) is 0 Å². The highest BCUT2D eigenvalue weighted by molar-refractivity contribution is 9.10. The van der Waals surface area contributed by atoms with Crippen LogP contribution in [0.2, 0.25) is 0 Å². The molecule has 3 nitrogen and oxygen atoms in total. The van der Waals surface area contributed by atoms with Gasteiger partial charge in [-0.25, -0.2) is 0 Å². The van der Waals surface area contributed by atoms with Crippen LogP contribution in [-0.2, 0) is 6.54 Å². The summed E-state index contributed by atoms with van der Waals surface area (Å²) in [6, 6.07) is 4.27. The summed E-state index contributed by atoms with van der Waals surface area (Å²) in [6.45, 7) is 3.54. The molecule has 0 amide bonds. The highest BCUT2D eigenvalue weighted by Crippen LogP contribution is 2.60. The van der Waals surface area contributed by atoms with Crippen molar-refractivity contribution in [1.29, 1.82) is 0 Å². The van der Waals surface area contributed by atoms with Crippen molar-refractivity contribution in [2.24, 2.45) is 11.3 Å². The Morgan fingerprint density at radius 1 is 1.19 bits per heavy atom. The molecule has 1 aromatic rings. The molecule has 0 saturated heterocycles. The standard InChI is InChI=1S/C17H22BrNO2/c18-14-8-12(9-15-16(14)21-7-1-6-20-15)10-19-11-17(4-5-17)13-2-3-13/h8-9,13,19H,1-7,10-11H2. The molecule has 2 aliphatic carbocycles. The van der Waals surface area contributed by atoms with Gasteiger partial charge in [-0.15, -0.1) is 0 Å². The molecule has 0 bridgehead atoms. The van der Waals surface area contributed by atoms with E-state index in [1.54, 1.807) is 0 Å². The number of nitrogens with one attached hydrogen (secondary N) is 1. The maximum atomic E-state index is 5.79. The minimum Gasteiger partial charge on any atom is -0.490 e. The Hall–Kier alpha value is -0.740. The number of benzene rings is 1. The number of rotatable bonds is 5. The van der Waals surface area contributed by atoms with Crippen molar-refractivity contribution in [3.8, 4) is 11.5 Å². The molecule has 1 aliphatic heterocycles. The van der Waals surface area contributed by atoms with E-state index in [9.17, 15) is 0 Å². The van der Waals surface area contributed by atoms with Crippen LogP contribution in [0, 0.1) is 11.3 Å². The van der Waals surface area contributed by atoms with E-state index >= 15 is 0 Å². The molecule has 2 fully saturated rings. The fourth-order valence-electron chi connectivity index (χ4n) is 3.43. The van der Waals surface area contributed by atoms with E-state index in [1.807, 2.05) is 0 Å². The number of halogens is 1. The highest BCUT2D eigenvalue weighted by Gasteiger charge is 2.53. The Morgan fingerprint density at radius 2 is 2.00 bits per heavy atom. The van der Waals surface area contributed by atoms with Gasteiger partial charge >= 0.3 is 0 Å². The largest absolute Gasteiger partial charge is 0.490 e. The first kappa shape index (κ1) is 13.9. The maximum absolute atomic E-state index is 5.79. The van der Waals surface area contributed by atoms with Gasteiger partial charge in [-0.05, 0) is 70.6 Å². The molecule has 1 aromatic carbocycles. The van der Waals surface area contributed by atoms with Gasteiger partial charge in [0.2, 0.25) is 0 Å². The van der Waals surface area contributed by atoms with Gasteiger partial charge in [-0.2, -0.15) is 0 Å². The van der Waals surface area contributed by atoms with E-state index < -0.39 is 0 Å². The Bertz CT molecular complexity index is 538. The van der Waals surface area contributed by atoms with Crippen LogP contribution < -0.4 is 14.8 Å². The number of hydrogen-bond donors (Lipinski definition) is 1. The molecule has 21 heavy (non-hydrogen) atoms. The first-order chi connectivity index (χ1) is 10.3. The molecule has 4 heteroatoms. The molecular weight excluding hydrogens is 330 g/mol. The molecule has 1 heterocycles. The lowest BCUT2D eigenvalue weighted by molar-refractivity contribution is 0.296. The Balaban J connectivity index is 1.41. The predicted molar refractivity (Wildman–Crippen MR) is 85.8 cm³/mol.